The first-order chi connectivity index (χ1) is 8.62. The van der Waals surface area contributed by atoms with Gasteiger partial charge in [-0.2, -0.15) is 0 Å². The highest BCUT2D eigenvalue weighted by molar-refractivity contribution is 5.85. The Kier molecular flexibility index (Phi) is 2.16. The van der Waals surface area contributed by atoms with Crippen LogP contribution in [0.5, 0.6) is 0 Å². The molecule has 0 radical (unpaired) electrons. The van der Waals surface area contributed by atoms with Crippen molar-refractivity contribution in [2.24, 2.45) is 0 Å². The molecule has 5 heteroatoms. The number of aliphatic carboxylic acids is 1. The number of H-pyrrole nitrogens is 2. The Morgan fingerprint density at radius 3 is 2.67 bits per heavy atom. The van der Waals surface area contributed by atoms with Gasteiger partial charge >= 0.3 is 11.7 Å². The Morgan fingerprint density at radius 2 is 2.11 bits per heavy atom. The van der Waals surface area contributed by atoms with E-state index in [9.17, 15) is 14.7 Å². The van der Waals surface area contributed by atoms with Gasteiger partial charge in [0.1, 0.15) is 0 Å². The smallest absolute Gasteiger partial charge is 0.323 e. The van der Waals surface area contributed by atoms with Crippen molar-refractivity contribution in [2.75, 3.05) is 0 Å². The zero-order valence-electron chi connectivity index (χ0n) is 9.56. The van der Waals surface area contributed by atoms with E-state index in [0.717, 1.165) is 11.1 Å². The Hall–Kier alpha value is -2.30. The number of hydrogen-bond donors (Lipinski definition) is 3. The third-order valence-corrected chi connectivity index (χ3v) is 3.48. The molecule has 92 valence electrons. The average Bonchev–Trinajstić information content (AvgIpc) is 3.07. The third-order valence-electron chi connectivity index (χ3n) is 3.48. The van der Waals surface area contributed by atoms with Gasteiger partial charge in [0.2, 0.25) is 0 Å². The fourth-order valence-electron chi connectivity index (χ4n) is 2.22. The Bertz CT molecular complexity index is 665. The molecule has 0 unspecified atom stereocenters. The molecule has 1 fully saturated rings. The van der Waals surface area contributed by atoms with Crippen LogP contribution in [0.4, 0.5) is 0 Å². The molecule has 0 bridgehead atoms. The fraction of sp³-hybridized carbons (Fsp3) is 0.231. The summed E-state index contributed by atoms with van der Waals surface area (Å²) >= 11 is 0. The number of benzene rings is 1. The van der Waals surface area contributed by atoms with Crippen molar-refractivity contribution in [3.8, 4) is 11.3 Å². The van der Waals surface area contributed by atoms with E-state index in [1.807, 2.05) is 24.3 Å². The number of imidazole rings is 1. The average molecular weight is 244 g/mol. The van der Waals surface area contributed by atoms with E-state index >= 15 is 0 Å². The standard InChI is InChI=1S/C13H12N2O3/c16-11(17)13(4-5-13)9-3-1-2-8(6-9)10-7-14-12(18)15-10/h1-3,6-7H,4-5H2,(H,16,17)(H2,14,15,18). The summed E-state index contributed by atoms with van der Waals surface area (Å²) in [7, 11) is 0. The number of nitrogens with one attached hydrogen (secondary N) is 2. The first kappa shape index (κ1) is 10.8. The van der Waals surface area contributed by atoms with Crippen molar-refractivity contribution in [3.63, 3.8) is 0 Å². The van der Waals surface area contributed by atoms with Crippen molar-refractivity contribution in [1.29, 1.82) is 0 Å². The van der Waals surface area contributed by atoms with E-state index in [4.69, 9.17) is 0 Å². The molecule has 0 aliphatic heterocycles. The van der Waals surface area contributed by atoms with Crippen molar-refractivity contribution in [3.05, 3.63) is 46.5 Å². The van der Waals surface area contributed by atoms with Crippen LogP contribution in [-0.2, 0) is 10.2 Å². The van der Waals surface area contributed by atoms with Gasteiger partial charge < -0.3 is 15.1 Å². The Morgan fingerprint density at radius 1 is 1.33 bits per heavy atom. The minimum atomic E-state index is -0.776. The van der Waals surface area contributed by atoms with E-state index in [1.54, 1.807) is 6.20 Å². The van der Waals surface area contributed by atoms with Gasteiger partial charge in [-0.3, -0.25) is 4.79 Å². The number of carboxylic acids is 1. The molecule has 3 N–H and O–H groups in total. The summed E-state index contributed by atoms with van der Waals surface area (Å²) in [5, 5.41) is 9.26. The van der Waals surface area contributed by atoms with Crippen LogP contribution in [0.1, 0.15) is 18.4 Å². The van der Waals surface area contributed by atoms with Crippen molar-refractivity contribution in [2.45, 2.75) is 18.3 Å². The summed E-state index contributed by atoms with van der Waals surface area (Å²) in [6.07, 6.45) is 2.94. The van der Waals surface area contributed by atoms with Crippen LogP contribution in [0.3, 0.4) is 0 Å². The van der Waals surface area contributed by atoms with Crippen LogP contribution >= 0.6 is 0 Å². The molecule has 0 atom stereocenters. The van der Waals surface area contributed by atoms with E-state index in [0.29, 0.717) is 18.5 Å². The molecule has 1 aliphatic rings. The van der Waals surface area contributed by atoms with Gasteiger partial charge in [-0.15, -0.1) is 0 Å². The minimum Gasteiger partial charge on any atom is -0.481 e. The molecule has 2 aromatic rings. The second-order valence-corrected chi connectivity index (χ2v) is 4.62. The first-order valence-electron chi connectivity index (χ1n) is 5.74. The molecule has 3 rings (SSSR count). The molecule has 0 amide bonds. The van der Waals surface area contributed by atoms with E-state index in [1.165, 1.54) is 0 Å². The molecule has 1 aliphatic carbocycles. The first-order valence-corrected chi connectivity index (χ1v) is 5.74. The predicted octanol–water partition coefficient (Wildman–Crippen LogP) is 1.49. The lowest BCUT2D eigenvalue weighted by atomic mass is 9.94. The van der Waals surface area contributed by atoms with Crippen LogP contribution in [-0.4, -0.2) is 21.0 Å². The number of rotatable bonds is 3. The molecular weight excluding hydrogens is 232 g/mol. The molecule has 1 aromatic heterocycles. The molecule has 18 heavy (non-hydrogen) atoms. The van der Waals surface area contributed by atoms with Crippen LogP contribution in [0, 0.1) is 0 Å². The molecule has 1 aromatic carbocycles. The van der Waals surface area contributed by atoms with Crippen LogP contribution < -0.4 is 5.69 Å². The summed E-state index contributed by atoms with van der Waals surface area (Å²) < 4.78 is 0. The normalized spacial score (nSPS) is 16.4. The number of aromatic amines is 2. The molecule has 5 nitrogen and oxygen atoms in total. The maximum absolute atomic E-state index is 11.3. The fourth-order valence-corrected chi connectivity index (χ4v) is 2.22. The lowest BCUT2D eigenvalue weighted by Crippen LogP contribution is -2.19. The number of carboxylic acid groups (broad SMARTS) is 1. The van der Waals surface area contributed by atoms with E-state index in [-0.39, 0.29) is 5.69 Å². The van der Waals surface area contributed by atoms with Gasteiger partial charge in [0.15, 0.2) is 0 Å². The van der Waals surface area contributed by atoms with Crippen molar-refractivity contribution in [1.82, 2.24) is 9.97 Å². The number of hydrogen-bond acceptors (Lipinski definition) is 2. The van der Waals surface area contributed by atoms with E-state index < -0.39 is 11.4 Å². The van der Waals surface area contributed by atoms with Crippen molar-refractivity contribution < 1.29 is 9.90 Å². The summed E-state index contributed by atoms with van der Waals surface area (Å²) in [4.78, 5) is 27.5. The lowest BCUT2D eigenvalue weighted by Gasteiger charge is -2.11. The quantitative estimate of drug-likeness (QED) is 0.764. The Balaban J connectivity index is 2.05. The van der Waals surface area contributed by atoms with Crippen LogP contribution in [0.25, 0.3) is 11.3 Å². The van der Waals surface area contributed by atoms with Gasteiger partial charge in [-0.05, 0) is 30.0 Å². The lowest BCUT2D eigenvalue weighted by molar-refractivity contribution is -0.140. The Labute approximate surface area is 102 Å². The zero-order chi connectivity index (χ0) is 12.8. The molecule has 1 heterocycles. The topological polar surface area (TPSA) is 85.9 Å². The summed E-state index contributed by atoms with van der Waals surface area (Å²) in [5.41, 5.74) is 1.30. The van der Waals surface area contributed by atoms with Gasteiger partial charge in [0.05, 0.1) is 11.1 Å². The maximum atomic E-state index is 11.3. The number of aromatic nitrogens is 2. The second kappa shape index (κ2) is 3.60. The summed E-state index contributed by atoms with van der Waals surface area (Å²) in [6, 6.07) is 7.33. The molecule has 0 spiro atoms. The second-order valence-electron chi connectivity index (χ2n) is 4.62. The van der Waals surface area contributed by atoms with Gasteiger partial charge in [0.25, 0.3) is 0 Å². The summed E-state index contributed by atoms with van der Waals surface area (Å²) in [6.45, 7) is 0. The minimum absolute atomic E-state index is 0.269. The van der Waals surface area contributed by atoms with Gasteiger partial charge in [-0.1, -0.05) is 18.2 Å². The highest BCUT2D eigenvalue weighted by atomic mass is 16.4. The zero-order valence-corrected chi connectivity index (χ0v) is 9.56. The molecule has 0 saturated heterocycles. The molecule has 1 saturated carbocycles. The van der Waals surface area contributed by atoms with Gasteiger partial charge in [-0.25, -0.2) is 4.79 Å². The highest BCUT2D eigenvalue weighted by Gasteiger charge is 2.51. The van der Waals surface area contributed by atoms with Crippen LogP contribution in [0.2, 0.25) is 0 Å². The largest absolute Gasteiger partial charge is 0.481 e. The predicted molar refractivity (Wildman–Crippen MR) is 65.4 cm³/mol. The third kappa shape index (κ3) is 1.55. The van der Waals surface area contributed by atoms with Crippen molar-refractivity contribution >= 4 is 5.97 Å². The number of carbonyl (C=O) groups is 1. The van der Waals surface area contributed by atoms with E-state index in [2.05, 4.69) is 9.97 Å². The summed E-state index contributed by atoms with van der Waals surface area (Å²) in [5.74, 6) is -0.776. The monoisotopic (exact) mass is 244 g/mol. The highest BCUT2D eigenvalue weighted by Crippen LogP contribution is 2.48. The molecular formula is C13H12N2O3. The SMILES string of the molecule is O=C(O)C1(c2cccc(-c3c[nH]c(=O)[nH]3)c2)CC1. The maximum Gasteiger partial charge on any atom is 0.323 e. The van der Waals surface area contributed by atoms with Gasteiger partial charge in [0, 0.05) is 6.20 Å². The van der Waals surface area contributed by atoms with Crippen LogP contribution in [0.15, 0.2) is 35.3 Å².